The van der Waals surface area contributed by atoms with Crippen LogP contribution in [0.3, 0.4) is 0 Å². The molecule has 0 N–H and O–H groups in total. The van der Waals surface area contributed by atoms with Crippen LogP contribution in [0.2, 0.25) is 0 Å². The van der Waals surface area contributed by atoms with E-state index in [1.807, 2.05) is 59.3 Å². The summed E-state index contributed by atoms with van der Waals surface area (Å²) in [6, 6.07) is 15.7. The average Bonchev–Trinajstić information content (AvgIpc) is 3.51. The Hall–Kier alpha value is -2.92. The highest BCUT2D eigenvalue weighted by Gasteiger charge is 2.15. The summed E-state index contributed by atoms with van der Waals surface area (Å²) in [5.41, 5.74) is 3.42. The Balaban J connectivity index is 1.35. The van der Waals surface area contributed by atoms with Gasteiger partial charge in [0.2, 0.25) is 0 Å². The van der Waals surface area contributed by atoms with Gasteiger partial charge in [-0.05, 0) is 35.4 Å². The lowest BCUT2D eigenvalue weighted by Crippen LogP contribution is -2.27. The Morgan fingerprint density at radius 1 is 0.639 bits per heavy atom. The molecule has 4 aromatic heterocycles. The molecule has 0 saturated carbocycles. The zero-order valence-corrected chi connectivity index (χ0v) is 23.3. The van der Waals surface area contributed by atoms with E-state index in [1.54, 1.807) is 21.8 Å². The van der Waals surface area contributed by atoms with Crippen LogP contribution in [0, 0.1) is 0 Å². The number of hydrogen-bond acceptors (Lipinski definition) is 6. The SMILES string of the molecule is O=c1c2c(-c3ccc(Br)cc3)csc2ncn1CCn1cnc2scc(-c3ccc(Br)cc3)c2c1=O. The number of halogens is 2. The van der Waals surface area contributed by atoms with Gasteiger partial charge in [-0.15, -0.1) is 22.7 Å². The van der Waals surface area contributed by atoms with Gasteiger partial charge < -0.3 is 0 Å². The Labute approximate surface area is 229 Å². The van der Waals surface area contributed by atoms with Gasteiger partial charge in [-0.3, -0.25) is 18.7 Å². The number of fused-ring (bicyclic) bond motifs is 2. The van der Waals surface area contributed by atoms with Crippen molar-refractivity contribution >= 4 is 75.0 Å². The molecule has 6 nitrogen and oxygen atoms in total. The van der Waals surface area contributed by atoms with E-state index in [0.29, 0.717) is 33.5 Å². The Kier molecular flexibility index (Phi) is 6.20. The molecule has 0 aliphatic carbocycles. The van der Waals surface area contributed by atoms with Crippen LogP contribution < -0.4 is 11.1 Å². The van der Waals surface area contributed by atoms with Crippen LogP contribution in [-0.2, 0) is 13.1 Å². The van der Waals surface area contributed by atoms with E-state index in [4.69, 9.17) is 0 Å². The van der Waals surface area contributed by atoms with E-state index >= 15 is 0 Å². The fourth-order valence-electron chi connectivity index (χ4n) is 4.15. The lowest BCUT2D eigenvalue weighted by Gasteiger charge is -2.09. The van der Waals surface area contributed by atoms with Crippen LogP contribution in [0.1, 0.15) is 0 Å². The first-order valence-corrected chi connectivity index (χ1v) is 14.3. The number of aryl methyl sites for hydroxylation is 2. The van der Waals surface area contributed by atoms with Gasteiger partial charge in [-0.1, -0.05) is 56.1 Å². The minimum Gasteiger partial charge on any atom is -0.297 e. The van der Waals surface area contributed by atoms with E-state index in [2.05, 4.69) is 41.8 Å². The van der Waals surface area contributed by atoms with Crippen molar-refractivity contribution in [1.82, 2.24) is 19.1 Å². The molecule has 0 fully saturated rings. The van der Waals surface area contributed by atoms with E-state index in [-0.39, 0.29) is 11.1 Å². The standard InChI is InChI=1S/C26H16Br2N4O2S2/c27-17-5-1-15(2-6-17)19-11-35-23-21(19)25(33)31(13-29-23)9-10-32-14-30-24-22(26(32)34)20(12-36-24)16-3-7-18(28)8-4-16/h1-8,11-14H,9-10H2. The Morgan fingerprint density at radius 2 is 1.03 bits per heavy atom. The smallest absolute Gasteiger partial charge is 0.262 e. The van der Waals surface area contributed by atoms with Crippen molar-refractivity contribution in [2.45, 2.75) is 13.1 Å². The summed E-state index contributed by atoms with van der Waals surface area (Å²) < 4.78 is 5.09. The Bertz CT molecular complexity index is 1720. The van der Waals surface area contributed by atoms with Gasteiger partial charge in [0.15, 0.2) is 0 Å². The fraction of sp³-hybridized carbons (Fsp3) is 0.0769. The molecule has 0 atom stereocenters. The molecule has 4 heterocycles. The third-order valence-corrected chi connectivity index (χ3v) is 8.84. The monoisotopic (exact) mass is 638 g/mol. The summed E-state index contributed by atoms with van der Waals surface area (Å²) in [4.78, 5) is 37.2. The van der Waals surface area contributed by atoms with Crippen LogP contribution in [0.4, 0.5) is 0 Å². The van der Waals surface area contributed by atoms with E-state index in [1.165, 1.54) is 22.7 Å². The molecule has 0 radical (unpaired) electrons. The van der Waals surface area contributed by atoms with Gasteiger partial charge in [-0.2, -0.15) is 0 Å². The minimum atomic E-state index is -0.118. The molecule has 0 saturated heterocycles. The maximum absolute atomic E-state index is 13.4. The van der Waals surface area contributed by atoms with Gasteiger partial charge in [0.1, 0.15) is 9.66 Å². The summed E-state index contributed by atoms with van der Waals surface area (Å²) in [5, 5.41) is 5.13. The van der Waals surface area contributed by atoms with Gasteiger partial charge in [-0.25, -0.2) is 9.97 Å². The second-order valence-corrected chi connectivity index (χ2v) is 11.7. The first kappa shape index (κ1) is 23.5. The van der Waals surface area contributed by atoms with Crippen molar-refractivity contribution < 1.29 is 0 Å². The largest absolute Gasteiger partial charge is 0.297 e. The molecule has 0 bridgehead atoms. The zero-order valence-electron chi connectivity index (χ0n) is 18.5. The summed E-state index contributed by atoms with van der Waals surface area (Å²) >= 11 is 9.82. The maximum atomic E-state index is 13.4. The fourth-order valence-corrected chi connectivity index (χ4v) is 6.49. The normalized spacial score (nSPS) is 11.5. The van der Waals surface area contributed by atoms with E-state index in [0.717, 1.165) is 31.2 Å². The summed E-state index contributed by atoms with van der Waals surface area (Å²) in [6.45, 7) is 0.616. The summed E-state index contributed by atoms with van der Waals surface area (Å²) in [7, 11) is 0. The topological polar surface area (TPSA) is 69.8 Å². The molecule has 6 aromatic rings. The van der Waals surface area contributed by atoms with E-state index in [9.17, 15) is 9.59 Å². The Morgan fingerprint density at radius 3 is 1.42 bits per heavy atom. The molecule has 6 rings (SSSR count). The number of thiophene rings is 2. The predicted molar refractivity (Wildman–Crippen MR) is 154 cm³/mol. The van der Waals surface area contributed by atoms with Crippen molar-refractivity contribution in [1.29, 1.82) is 0 Å². The number of aromatic nitrogens is 4. The molecule has 2 aromatic carbocycles. The van der Waals surface area contributed by atoms with Crippen molar-refractivity contribution in [2.75, 3.05) is 0 Å². The molecular formula is C26H16Br2N4O2S2. The lowest BCUT2D eigenvalue weighted by molar-refractivity contribution is 0.547. The van der Waals surface area contributed by atoms with Gasteiger partial charge in [0, 0.05) is 43.9 Å². The highest BCUT2D eigenvalue weighted by molar-refractivity contribution is 9.10. The number of nitrogens with zero attached hydrogens (tertiary/aromatic N) is 4. The third-order valence-electron chi connectivity index (χ3n) is 6.01. The average molecular weight is 640 g/mol. The lowest BCUT2D eigenvalue weighted by atomic mass is 10.1. The van der Waals surface area contributed by atoms with Crippen LogP contribution >= 0.6 is 54.5 Å². The van der Waals surface area contributed by atoms with Crippen LogP contribution in [0.25, 0.3) is 42.7 Å². The van der Waals surface area contributed by atoms with Crippen LogP contribution in [0.5, 0.6) is 0 Å². The molecule has 0 amide bonds. The van der Waals surface area contributed by atoms with Crippen LogP contribution in [0.15, 0.2) is 90.5 Å². The highest BCUT2D eigenvalue weighted by Crippen LogP contribution is 2.32. The summed E-state index contributed by atoms with van der Waals surface area (Å²) in [6.07, 6.45) is 3.11. The third kappa shape index (κ3) is 4.17. The van der Waals surface area contributed by atoms with Crippen LogP contribution in [-0.4, -0.2) is 19.1 Å². The maximum Gasteiger partial charge on any atom is 0.262 e. The van der Waals surface area contributed by atoms with Crippen molar-refractivity contribution in [3.05, 3.63) is 102 Å². The second-order valence-electron chi connectivity index (χ2n) is 8.16. The molecule has 0 aliphatic rings. The van der Waals surface area contributed by atoms with Gasteiger partial charge in [0.25, 0.3) is 11.1 Å². The highest BCUT2D eigenvalue weighted by atomic mass is 79.9. The predicted octanol–water partition coefficient (Wildman–Crippen LogP) is 6.79. The van der Waals surface area contributed by atoms with Crippen molar-refractivity contribution in [3.63, 3.8) is 0 Å². The number of benzene rings is 2. The second kappa shape index (κ2) is 9.51. The number of rotatable bonds is 5. The minimum absolute atomic E-state index is 0.118. The van der Waals surface area contributed by atoms with Crippen molar-refractivity contribution in [3.8, 4) is 22.3 Å². The molecule has 0 spiro atoms. The molecule has 178 valence electrons. The van der Waals surface area contributed by atoms with E-state index < -0.39 is 0 Å². The van der Waals surface area contributed by atoms with Gasteiger partial charge in [0.05, 0.1) is 23.4 Å². The molecule has 36 heavy (non-hydrogen) atoms. The molecular weight excluding hydrogens is 624 g/mol. The zero-order chi connectivity index (χ0) is 24.8. The number of hydrogen-bond donors (Lipinski definition) is 0. The first-order valence-electron chi connectivity index (χ1n) is 10.9. The quantitative estimate of drug-likeness (QED) is 0.208. The molecule has 10 heteroatoms. The first-order chi connectivity index (χ1) is 17.5. The molecule has 0 unspecified atom stereocenters. The summed E-state index contributed by atoms with van der Waals surface area (Å²) in [5.74, 6) is 0. The van der Waals surface area contributed by atoms with Gasteiger partial charge >= 0.3 is 0 Å². The molecule has 0 aliphatic heterocycles. The van der Waals surface area contributed by atoms with Crippen molar-refractivity contribution in [2.24, 2.45) is 0 Å².